The Morgan fingerprint density at radius 3 is 2.36 bits per heavy atom. The van der Waals surface area contributed by atoms with E-state index >= 15 is 0 Å². The maximum atomic E-state index is 13.3. The lowest BCUT2D eigenvalue weighted by Crippen LogP contribution is -2.29. The molecule has 1 N–H and O–H groups in total. The fourth-order valence-electron chi connectivity index (χ4n) is 4.39. The molecule has 162 valence electrons. The Morgan fingerprint density at radius 1 is 0.909 bits per heavy atom. The van der Waals surface area contributed by atoms with Crippen LogP contribution in [-0.4, -0.2) is 21.8 Å². The van der Waals surface area contributed by atoms with Crippen molar-refractivity contribution in [2.75, 3.05) is 4.90 Å². The van der Waals surface area contributed by atoms with E-state index in [1.807, 2.05) is 60.7 Å². The Morgan fingerprint density at radius 2 is 1.64 bits per heavy atom. The quantitative estimate of drug-likeness (QED) is 0.264. The largest absolute Gasteiger partial charge is 0.507 e. The first-order chi connectivity index (χ1) is 16.1. The molecule has 33 heavy (non-hydrogen) atoms. The van der Waals surface area contributed by atoms with E-state index in [-0.39, 0.29) is 11.3 Å². The van der Waals surface area contributed by atoms with Crippen LogP contribution in [0.25, 0.3) is 16.5 Å². The summed E-state index contributed by atoms with van der Waals surface area (Å²) < 4.78 is 0. The lowest BCUT2D eigenvalue weighted by Gasteiger charge is -2.24. The van der Waals surface area contributed by atoms with Gasteiger partial charge in [0.1, 0.15) is 11.8 Å². The Hall–Kier alpha value is -4.25. The number of fused-ring (bicyclic) bond motifs is 1. The average molecular weight is 434 g/mol. The molecule has 1 atom stereocenters. The third-order valence-electron chi connectivity index (χ3n) is 6.08. The number of nitrogens with zero attached hydrogens (tertiary/aromatic N) is 2. The van der Waals surface area contributed by atoms with Crippen molar-refractivity contribution >= 4 is 33.9 Å². The van der Waals surface area contributed by atoms with Crippen molar-refractivity contribution in [2.45, 2.75) is 19.4 Å². The second-order valence-electron chi connectivity index (χ2n) is 7.97. The van der Waals surface area contributed by atoms with Crippen LogP contribution >= 0.6 is 0 Å². The van der Waals surface area contributed by atoms with Gasteiger partial charge < -0.3 is 5.11 Å². The van der Waals surface area contributed by atoms with Crippen molar-refractivity contribution in [1.29, 1.82) is 0 Å². The Bertz CT molecular complexity index is 1390. The number of ketones is 1. The molecule has 5 heteroatoms. The van der Waals surface area contributed by atoms with Crippen LogP contribution in [0.4, 0.5) is 5.69 Å². The van der Waals surface area contributed by atoms with Gasteiger partial charge in [-0.3, -0.25) is 19.5 Å². The molecule has 1 aromatic heterocycles. The first kappa shape index (κ1) is 20.6. The molecule has 2 heterocycles. The standard InChI is InChI=1S/C28H22N2O3/c1-2-18-13-15-20(16-14-18)30-25(23-12-5-6-17-29-23)24(27(32)28(30)33)26(31)22-11-7-9-19-8-3-4-10-21(19)22/h3-17,25,31H,2H2,1H3/b26-24-. The van der Waals surface area contributed by atoms with E-state index in [9.17, 15) is 14.7 Å². The van der Waals surface area contributed by atoms with E-state index < -0.39 is 17.7 Å². The molecule has 0 bridgehead atoms. The molecule has 1 amide bonds. The minimum absolute atomic E-state index is 0.0367. The fraction of sp³-hybridized carbons (Fsp3) is 0.107. The number of aromatic nitrogens is 1. The van der Waals surface area contributed by atoms with E-state index in [2.05, 4.69) is 11.9 Å². The van der Waals surface area contributed by atoms with Crippen LogP contribution in [0.3, 0.4) is 0 Å². The topological polar surface area (TPSA) is 70.5 Å². The first-order valence-electron chi connectivity index (χ1n) is 10.9. The molecule has 0 radical (unpaired) electrons. The first-order valence-corrected chi connectivity index (χ1v) is 10.9. The van der Waals surface area contributed by atoms with Gasteiger partial charge in [-0.1, -0.05) is 67.6 Å². The highest BCUT2D eigenvalue weighted by atomic mass is 16.3. The normalized spacial score (nSPS) is 17.6. The van der Waals surface area contributed by atoms with Crippen molar-refractivity contribution < 1.29 is 14.7 Å². The number of aliphatic hydroxyl groups is 1. The summed E-state index contributed by atoms with van der Waals surface area (Å²) in [5.41, 5.74) is 2.77. The molecule has 5 rings (SSSR count). The van der Waals surface area contributed by atoms with E-state index in [4.69, 9.17) is 0 Å². The molecule has 5 nitrogen and oxygen atoms in total. The molecule has 1 saturated heterocycles. The Labute approximate surface area is 191 Å². The zero-order chi connectivity index (χ0) is 22.9. The molecular formula is C28H22N2O3. The lowest BCUT2D eigenvalue weighted by molar-refractivity contribution is -0.132. The smallest absolute Gasteiger partial charge is 0.300 e. The second-order valence-corrected chi connectivity index (χ2v) is 7.97. The van der Waals surface area contributed by atoms with Gasteiger partial charge >= 0.3 is 0 Å². The summed E-state index contributed by atoms with van der Waals surface area (Å²) in [6.07, 6.45) is 2.48. The molecule has 4 aromatic rings. The molecular weight excluding hydrogens is 412 g/mol. The number of benzene rings is 3. The summed E-state index contributed by atoms with van der Waals surface area (Å²) in [6.45, 7) is 2.05. The minimum Gasteiger partial charge on any atom is -0.507 e. The maximum absolute atomic E-state index is 13.3. The summed E-state index contributed by atoms with van der Waals surface area (Å²) in [7, 11) is 0. The van der Waals surface area contributed by atoms with Gasteiger partial charge in [0.2, 0.25) is 0 Å². The number of aryl methyl sites for hydroxylation is 1. The number of hydrogen-bond donors (Lipinski definition) is 1. The fourth-order valence-corrected chi connectivity index (χ4v) is 4.39. The molecule has 1 unspecified atom stereocenters. The highest BCUT2D eigenvalue weighted by Gasteiger charge is 2.47. The van der Waals surface area contributed by atoms with Crippen molar-refractivity contribution in [3.05, 3.63) is 114 Å². The number of Topliss-reactive ketones (excluding diaryl/α,β-unsaturated/α-hetero) is 1. The number of pyridine rings is 1. The predicted octanol–water partition coefficient (Wildman–Crippen LogP) is 5.42. The van der Waals surface area contributed by atoms with Gasteiger partial charge in [-0.25, -0.2) is 0 Å². The number of amides is 1. The third kappa shape index (κ3) is 3.48. The minimum atomic E-state index is -0.836. The summed E-state index contributed by atoms with van der Waals surface area (Å²) in [4.78, 5) is 32.4. The van der Waals surface area contributed by atoms with Crippen LogP contribution < -0.4 is 4.90 Å². The lowest BCUT2D eigenvalue weighted by atomic mass is 9.95. The molecule has 0 saturated carbocycles. The van der Waals surface area contributed by atoms with Gasteiger partial charge in [0.15, 0.2) is 0 Å². The number of aliphatic hydroxyl groups excluding tert-OH is 1. The van der Waals surface area contributed by atoms with E-state index in [1.165, 1.54) is 4.90 Å². The molecule has 1 aliphatic rings. The van der Waals surface area contributed by atoms with Crippen LogP contribution in [0.5, 0.6) is 0 Å². The average Bonchev–Trinajstić information content (AvgIpc) is 3.14. The van der Waals surface area contributed by atoms with Gasteiger partial charge in [-0.05, 0) is 47.0 Å². The monoisotopic (exact) mass is 434 g/mol. The van der Waals surface area contributed by atoms with E-state index in [1.54, 1.807) is 30.5 Å². The number of carbonyl (C=O) groups excluding carboxylic acids is 2. The number of rotatable bonds is 4. The molecule has 0 aliphatic carbocycles. The highest BCUT2D eigenvalue weighted by Crippen LogP contribution is 2.42. The SMILES string of the molecule is CCc1ccc(N2C(=O)C(=O)/C(=C(\O)c3cccc4ccccc34)C2c2ccccn2)cc1. The van der Waals surface area contributed by atoms with Gasteiger partial charge in [-0.2, -0.15) is 0 Å². The zero-order valence-electron chi connectivity index (χ0n) is 18.1. The van der Waals surface area contributed by atoms with E-state index in [0.29, 0.717) is 16.9 Å². The summed E-state index contributed by atoms with van der Waals surface area (Å²) in [5.74, 6) is -1.61. The van der Waals surface area contributed by atoms with Crippen molar-refractivity contribution in [3.8, 4) is 0 Å². The van der Waals surface area contributed by atoms with Crippen LogP contribution in [-0.2, 0) is 16.0 Å². The molecule has 1 fully saturated rings. The number of anilines is 1. The Kier molecular flexibility index (Phi) is 5.23. The van der Waals surface area contributed by atoms with Crippen molar-refractivity contribution in [3.63, 3.8) is 0 Å². The van der Waals surface area contributed by atoms with Crippen LogP contribution in [0.15, 0.2) is 96.7 Å². The third-order valence-corrected chi connectivity index (χ3v) is 6.08. The van der Waals surface area contributed by atoms with E-state index in [0.717, 1.165) is 22.8 Å². The van der Waals surface area contributed by atoms with Gasteiger partial charge in [-0.15, -0.1) is 0 Å². The molecule has 3 aromatic carbocycles. The summed E-state index contributed by atoms with van der Waals surface area (Å²) >= 11 is 0. The van der Waals surface area contributed by atoms with Crippen LogP contribution in [0, 0.1) is 0 Å². The second kappa shape index (κ2) is 8.36. The number of hydrogen-bond acceptors (Lipinski definition) is 4. The van der Waals surface area contributed by atoms with Crippen molar-refractivity contribution in [1.82, 2.24) is 4.98 Å². The summed E-state index contributed by atoms with van der Waals surface area (Å²) in [5, 5.41) is 13.2. The van der Waals surface area contributed by atoms with Crippen LogP contribution in [0.2, 0.25) is 0 Å². The highest BCUT2D eigenvalue weighted by molar-refractivity contribution is 6.51. The molecule has 1 aliphatic heterocycles. The van der Waals surface area contributed by atoms with Crippen molar-refractivity contribution in [2.24, 2.45) is 0 Å². The zero-order valence-corrected chi connectivity index (χ0v) is 18.1. The maximum Gasteiger partial charge on any atom is 0.300 e. The van der Waals surface area contributed by atoms with Gasteiger partial charge in [0.05, 0.1) is 11.3 Å². The van der Waals surface area contributed by atoms with Crippen LogP contribution in [0.1, 0.15) is 29.8 Å². The Balaban J connectivity index is 1.74. The van der Waals surface area contributed by atoms with Gasteiger partial charge in [0.25, 0.3) is 11.7 Å². The molecule has 0 spiro atoms. The predicted molar refractivity (Wildman–Crippen MR) is 129 cm³/mol. The number of carbonyl (C=O) groups is 2. The summed E-state index contributed by atoms with van der Waals surface area (Å²) in [6, 6.07) is 25.2. The van der Waals surface area contributed by atoms with Gasteiger partial charge in [0, 0.05) is 17.4 Å².